The average molecular weight is 378 g/mol. The Hall–Kier alpha value is -3.32. The van der Waals surface area contributed by atoms with Crippen molar-refractivity contribution in [1.29, 1.82) is 0 Å². The number of aromatic nitrogens is 1. The predicted octanol–water partition coefficient (Wildman–Crippen LogP) is 2.15. The highest BCUT2D eigenvalue weighted by Gasteiger charge is 2.62. The topological polar surface area (TPSA) is 112 Å². The summed E-state index contributed by atoms with van der Waals surface area (Å²) in [7, 11) is 0. The molecule has 5 rings (SSSR count). The Morgan fingerprint density at radius 2 is 2.00 bits per heavy atom. The molecule has 1 fully saturated rings. The zero-order chi connectivity index (χ0) is 19.5. The van der Waals surface area contributed by atoms with Crippen molar-refractivity contribution >= 4 is 28.5 Å². The van der Waals surface area contributed by atoms with Gasteiger partial charge in [-0.3, -0.25) is 9.59 Å². The number of benzene rings is 2. The van der Waals surface area contributed by atoms with E-state index in [1.54, 1.807) is 6.07 Å². The number of anilines is 1. The minimum absolute atomic E-state index is 0.00943. The molecule has 0 saturated carbocycles. The quantitative estimate of drug-likeness (QED) is 0.511. The van der Waals surface area contributed by atoms with Gasteiger partial charge in [-0.25, -0.2) is 0 Å². The Labute approximate surface area is 159 Å². The summed E-state index contributed by atoms with van der Waals surface area (Å²) in [5.74, 6) is -1.44. The number of aromatic amines is 1. The molecule has 0 aliphatic carbocycles. The first-order chi connectivity index (χ1) is 13.5. The number of aromatic hydroxyl groups is 1. The summed E-state index contributed by atoms with van der Waals surface area (Å²) in [6.07, 6.45) is 0.942. The normalized spacial score (nSPS) is 26.3. The number of aliphatic hydroxyl groups excluding tert-OH is 1. The maximum Gasteiger partial charge on any atom is 0.318 e. The number of cyclic esters (lactones) is 1. The van der Waals surface area contributed by atoms with E-state index in [1.807, 2.05) is 30.5 Å². The third-order valence-electron chi connectivity index (χ3n) is 5.86. The summed E-state index contributed by atoms with van der Waals surface area (Å²) < 4.78 is 5.58. The number of amides is 1. The number of fused-ring (bicyclic) bond motifs is 3. The number of hydrogen-bond acceptors (Lipinski definition) is 5. The van der Waals surface area contributed by atoms with Crippen LogP contribution in [0.15, 0.2) is 48.7 Å². The smallest absolute Gasteiger partial charge is 0.318 e. The van der Waals surface area contributed by atoms with E-state index in [0.717, 1.165) is 16.5 Å². The summed E-state index contributed by atoms with van der Waals surface area (Å²) in [6, 6.07) is 12.2. The third-order valence-corrected chi connectivity index (χ3v) is 5.86. The standard InChI is InChI=1S/C21H18N2O5/c24-10-17-19(13-9-22-15-4-2-1-3-12(13)15)21(20(27)28-17)8-18(26)23-16-7-11(25)5-6-14(16)21/h1-7,9,17,19,22,24-25H,8,10H2,(H,23,26)/t17-,19-,21-/m1/s1. The largest absolute Gasteiger partial charge is 0.508 e. The van der Waals surface area contributed by atoms with Crippen LogP contribution in [0.25, 0.3) is 10.9 Å². The number of rotatable bonds is 2. The molecular weight excluding hydrogens is 360 g/mol. The number of carbonyl (C=O) groups is 2. The first-order valence-electron chi connectivity index (χ1n) is 9.06. The van der Waals surface area contributed by atoms with E-state index < -0.39 is 23.4 Å². The summed E-state index contributed by atoms with van der Waals surface area (Å²) in [6.45, 7) is -0.354. The lowest BCUT2D eigenvalue weighted by Crippen LogP contribution is -2.45. The van der Waals surface area contributed by atoms with E-state index >= 15 is 0 Å². The maximum absolute atomic E-state index is 13.2. The van der Waals surface area contributed by atoms with Crippen molar-refractivity contribution in [2.45, 2.75) is 23.9 Å². The Morgan fingerprint density at radius 3 is 2.82 bits per heavy atom. The van der Waals surface area contributed by atoms with Gasteiger partial charge in [0.05, 0.1) is 6.61 Å². The second-order valence-electron chi connectivity index (χ2n) is 7.32. The number of hydrogen-bond donors (Lipinski definition) is 4. The molecule has 3 atom stereocenters. The molecule has 0 bridgehead atoms. The van der Waals surface area contributed by atoms with Gasteiger partial charge in [-0.15, -0.1) is 0 Å². The lowest BCUT2D eigenvalue weighted by Gasteiger charge is -2.37. The fraction of sp³-hybridized carbons (Fsp3) is 0.238. The summed E-state index contributed by atoms with van der Waals surface area (Å²) in [4.78, 5) is 28.9. The summed E-state index contributed by atoms with van der Waals surface area (Å²) in [5.41, 5.74) is 1.41. The van der Waals surface area contributed by atoms with Gasteiger partial charge in [-0.2, -0.15) is 0 Å². The van der Waals surface area contributed by atoms with Crippen LogP contribution in [-0.2, 0) is 19.7 Å². The molecule has 0 radical (unpaired) electrons. The van der Waals surface area contributed by atoms with Gasteiger partial charge in [0.25, 0.3) is 0 Å². The van der Waals surface area contributed by atoms with Crippen molar-refractivity contribution in [2.75, 3.05) is 11.9 Å². The predicted molar refractivity (Wildman–Crippen MR) is 101 cm³/mol. The Bertz CT molecular complexity index is 1120. The molecule has 1 aromatic heterocycles. The highest BCUT2D eigenvalue weighted by Crippen LogP contribution is 2.55. The lowest BCUT2D eigenvalue weighted by molar-refractivity contribution is -0.148. The first-order valence-corrected chi connectivity index (χ1v) is 9.06. The third kappa shape index (κ3) is 2.13. The number of aliphatic hydroxyl groups is 1. The number of esters is 1. The monoisotopic (exact) mass is 378 g/mol. The van der Waals surface area contributed by atoms with Gasteiger partial charge in [0, 0.05) is 41.2 Å². The Morgan fingerprint density at radius 1 is 1.18 bits per heavy atom. The molecule has 2 aliphatic heterocycles. The van der Waals surface area contributed by atoms with Crippen LogP contribution < -0.4 is 5.32 Å². The number of phenolic OH excluding ortho intramolecular Hbond substituents is 1. The van der Waals surface area contributed by atoms with Crippen LogP contribution in [0.5, 0.6) is 5.75 Å². The van der Waals surface area contributed by atoms with Crippen molar-refractivity contribution in [1.82, 2.24) is 4.98 Å². The fourth-order valence-electron chi connectivity index (χ4n) is 4.74. The summed E-state index contributed by atoms with van der Waals surface area (Å²) >= 11 is 0. The highest BCUT2D eigenvalue weighted by molar-refractivity contribution is 6.04. The fourth-order valence-corrected chi connectivity index (χ4v) is 4.74. The molecule has 1 spiro atoms. The van der Waals surface area contributed by atoms with E-state index in [2.05, 4.69) is 10.3 Å². The van der Waals surface area contributed by atoms with E-state index in [9.17, 15) is 19.8 Å². The molecule has 1 amide bonds. The molecule has 3 heterocycles. The van der Waals surface area contributed by atoms with Crippen LogP contribution in [0, 0.1) is 0 Å². The number of nitrogens with one attached hydrogen (secondary N) is 2. The molecule has 4 N–H and O–H groups in total. The molecule has 3 aromatic rings. The molecule has 28 heavy (non-hydrogen) atoms. The van der Waals surface area contributed by atoms with Crippen LogP contribution in [0.3, 0.4) is 0 Å². The molecule has 7 heteroatoms. The van der Waals surface area contributed by atoms with Crippen molar-refractivity contribution in [3.05, 3.63) is 59.8 Å². The average Bonchev–Trinajstić information content (AvgIpc) is 3.20. The molecule has 0 unspecified atom stereocenters. The molecule has 142 valence electrons. The van der Waals surface area contributed by atoms with Crippen LogP contribution in [0.2, 0.25) is 0 Å². The van der Waals surface area contributed by atoms with Crippen LogP contribution in [0.1, 0.15) is 23.5 Å². The zero-order valence-corrected chi connectivity index (χ0v) is 14.8. The van der Waals surface area contributed by atoms with E-state index in [4.69, 9.17) is 4.74 Å². The van der Waals surface area contributed by atoms with Gasteiger partial charge in [0.2, 0.25) is 5.91 Å². The zero-order valence-electron chi connectivity index (χ0n) is 14.8. The molecule has 2 aliphatic rings. The Balaban J connectivity index is 1.80. The SMILES string of the molecule is O=C1C[C@@]2(C(=O)O[C@H](CO)[C@H]2c2c[nH]c3ccccc23)c2ccc(O)cc2N1. The number of ether oxygens (including phenoxy) is 1. The molecular formula is C21H18N2O5. The van der Waals surface area contributed by atoms with E-state index in [1.165, 1.54) is 12.1 Å². The van der Waals surface area contributed by atoms with Crippen LogP contribution >= 0.6 is 0 Å². The number of para-hydroxylation sites is 1. The second-order valence-corrected chi connectivity index (χ2v) is 7.32. The van der Waals surface area contributed by atoms with Gasteiger partial charge >= 0.3 is 5.97 Å². The minimum atomic E-state index is -1.27. The van der Waals surface area contributed by atoms with E-state index in [-0.39, 0.29) is 24.7 Å². The van der Waals surface area contributed by atoms with Gasteiger partial charge < -0.3 is 25.3 Å². The van der Waals surface area contributed by atoms with Crippen molar-refractivity contribution < 1.29 is 24.5 Å². The van der Waals surface area contributed by atoms with Crippen molar-refractivity contribution in [2.24, 2.45) is 0 Å². The minimum Gasteiger partial charge on any atom is -0.508 e. The summed E-state index contributed by atoms with van der Waals surface area (Å²) in [5, 5.41) is 23.5. The Kier molecular flexibility index (Phi) is 3.51. The second kappa shape index (κ2) is 5.84. The van der Waals surface area contributed by atoms with E-state index in [0.29, 0.717) is 11.3 Å². The molecule has 7 nitrogen and oxygen atoms in total. The maximum atomic E-state index is 13.2. The van der Waals surface area contributed by atoms with Gasteiger partial charge in [-0.1, -0.05) is 24.3 Å². The number of H-pyrrole nitrogens is 1. The molecule has 2 aromatic carbocycles. The molecule has 1 saturated heterocycles. The van der Waals surface area contributed by atoms with Crippen LogP contribution in [-0.4, -0.2) is 39.8 Å². The van der Waals surface area contributed by atoms with Gasteiger partial charge in [0.15, 0.2) is 0 Å². The van der Waals surface area contributed by atoms with Crippen molar-refractivity contribution in [3.63, 3.8) is 0 Å². The number of phenols is 1. The number of carbonyl (C=O) groups excluding carboxylic acids is 2. The van der Waals surface area contributed by atoms with Crippen molar-refractivity contribution in [3.8, 4) is 5.75 Å². The van der Waals surface area contributed by atoms with Crippen LogP contribution in [0.4, 0.5) is 5.69 Å². The first kappa shape index (κ1) is 16.8. The van der Waals surface area contributed by atoms with Gasteiger partial charge in [0.1, 0.15) is 17.3 Å². The highest BCUT2D eigenvalue weighted by atomic mass is 16.6. The lowest BCUT2D eigenvalue weighted by atomic mass is 9.63. The van der Waals surface area contributed by atoms with Gasteiger partial charge in [-0.05, 0) is 23.3 Å².